The molecular formula is C13H11Cl2N3S2. The zero-order chi connectivity index (χ0) is 14.1. The van der Waals surface area contributed by atoms with Crippen molar-refractivity contribution in [1.82, 2.24) is 9.38 Å². The van der Waals surface area contributed by atoms with Crippen LogP contribution in [-0.4, -0.2) is 15.9 Å². The number of rotatable bonds is 4. The number of imidazole rings is 1. The highest BCUT2D eigenvalue weighted by molar-refractivity contribution is 7.99. The Kier molecular flexibility index (Phi) is 4.23. The molecule has 7 heteroatoms. The number of benzene rings is 1. The highest BCUT2D eigenvalue weighted by Gasteiger charge is 2.14. The second-order valence-corrected chi connectivity index (χ2v) is 6.89. The van der Waals surface area contributed by atoms with E-state index in [0.29, 0.717) is 16.6 Å². The van der Waals surface area contributed by atoms with Crippen LogP contribution in [0.3, 0.4) is 0 Å². The van der Waals surface area contributed by atoms with Gasteiger partial charge in [0.1, 0.15) is 5.03 Å². The summed E-state index contributed by atoms with van der Waals surface area (Å²) in [4.78, 5) is 6.65. The molecule has 0 spiro atoms. The molecule has 20 heavy (non-hydrogen) atoms. The molecule has 3 rings (SSSR count). The van der Waals surface area contributed by atoms with Gasteiger partial charge in [-0.2, -0.15) is 0 Å². The van der Waals surface area contributed by atoms with Gasteiger partial charge in [0.2, 0.25) is 0 Å². The third-order valence-corrected chi connectivity index (χ3v) is 5.32. The van der Waals surface area contributed by atoms with Gasteiger partial charge in [-0.1, -0.05) is 35.0 Å². The molecule has 0 aliphatic rings. The summed E-state index contributed by atoms with van der Waals surface area (Å²) in [5, 5.41) is 4.11. The van der Waals surface area contributed by atoms with Gasteiger partial charge in [0.25, 0.3) is 0 Å². The molecule has 2 aromatic heterocycles. The van der Waals surface area contributed by atoms with Gasteiger partial charge in [-0.05, 0) is 24.7 Å². The lowest BCUT2D eigenvalue weighted by atomic mass is 10.3. The Hall–Kier alpha value is -0.720. The molecule has 0 saturated carbocycles. The number of hydrogen-bond donors (Lipinski definition) is 1. The standard InChI is InChI=1S/C13H11Cl2N3S2/c14-9-2-1-8(7-10(9)15)20-12-11(3-4-16)18-5-6-19-13(18)17-12/h1-2,5-7H,3-4,16H2. The van der Waals surface area contributed by atoms with Gasteiger partial charge < -0.3 is 5.73 Å². The molecule has 3 aromatic rings. The van der Waals surface area contributed by atoms with Gasteiger partial charge in [-0.3, -0.25) is 4.40 Å². The van der Waals surface area contributed by atoms with Crippen LogP contribution in [0.5, 0.6) is 0 Å². The molecule has 0 amide bonds. The van der Waals surface area contributed by atoms with Gasteiger partial charge in [0.05, 0.1) is 15.7 Å². The minimum atomic E-state index is 0.554. The smallest absolute Gasteiger partial charge is 0.194 e. The molecule has 0 saturated heterocycles. The van der Waals surface area contributed by atoms with Gasteiger partial charge in [-0.15, -0.1) is 11.3 Å². The first kappa shape index (κ1) is 14.2. The molecule has 2 N–H and O–H groups in total. The van der Waals surface area contributed by atoms with E-state index in [4.69, 9.17) is 28.9 Å². The van der Waals surface area contributed by atoms with E-state index in [2.05, 4.69) is 9.38 Å². The van der Waals surface area contributed by atoms with Crippen molar-refractivity contribution in [3.63, 3.8) is 0 Å². The monoisotopic (exact) mass is 343 g/mol. The maximum atomic E-state index is 6.05. The van der Waals surface area contributed by atoms with Gasteiger partial charge >= 0.3 is 0 Å². The quantitative estimate of drug-likeness (QED) is 0.765. The molecule has 104 valence electrons. The second-order valence-electron chi connectivity index (χ2n) is 4.14. The highest BCUT2D eigenvalue weighted by atomic mass is 35.5. The van der Waals surface area contributed by atoms with Gasteiger partial charge in [0, 0.05) is 22.9 Å². The van der Waals surface area contributed by atoms with Crippen LogP contribution < -0.4 is 5.73 Å². The van der Waals surface area contributed by atoms with E-state index in [-0.39, 0.29) is 0 Å². The predicted molar refractivity (Wildman–Crippen MR) is 86.4 cm³/mol. The van der Waals surface area contributed by atoms with E-state index in [9.17, 15) is 0 Å². The lowest BCUT2D eigenvalue weighted by Crippen LogP contribution is -2.05. The summed E-state index contributed by atoms with van der Waals surface area (Å²) in [6, 6.07) is 5.60. The van der Waals surface area contributed by atoms with Gasteiger partial charge in [0.15, 0.2) is 4.96 Å². The molecule has 0 bridgehead atoms. The van der Waals surface area contributed by atoms with Crippen LogP contribution >= 0.6 is 46.3 Å². The van der Waals surface area contributed by atoms with Crippen molar-refractivity contribution in [2.24, 2.45) is 5.73 Å². The Morgan fingerprint density at radius 1 is 1.30 bits per heavy atom. The fourth-order valence-electron chi connectivity index (χ4n) is 1.91. The first-order valence-corrected chi connectivity index (χ1v) is 8.41. The van der Waals surface area contributed by atoms with Gasteiger partial charge in [-0.25, -0.2) is 4.98 Å². The average molecular weight is 344 g/mol. The fraction of sp³-hybridized carbons (Fsp3) is 0.154. The highest BCUT2D eigenvalue weighted by Crippen LogP contribution is 2.35. The summed E-state index contributed by atoms with van der Waals surface area (Å²) < 4.78 is 2.09. The summed E-state index contributed by atoms with van der Waals surface area (Å²) in [5.74, 6) is 0. The van der Waals surface area contributed by atoms with E-state index < -0.39 is 0 Å². The number of halogens is 2. The summed E-state index contributed by atoms with van der Waals surface area (Å²) in [6.07, 6.45) is 2.82. The van der Waals surface area contributed by atoms with Crippen molar-refractivity contribution < 1.29 is 0 Å². The zero-order valence-electron chi connectivity index (χ0n) is 10.3. The van der Waals surface area contributed by atoms with E-state index in [1.807, 2.05) is 23.7 Å². The molecule has 0 atom stereocenters. The molecule has 0 radical (unpaired) electrons. The number of hydrogen-bond acceptors (Lipinski definition) is 4. The Bertz CT molecular complexity index is 751. The van der Waals surface area contributed by atoms with Crippen molar-refractivity contribution in [2.45, 2.75) is 16.3 Å². The van der Waals surface area contributed by atoms with Crippen molar-refractivity contribution in [2.75, 3.05) is 6.54 Å². The lowest BCUT2D eigenvalue weighted by molar-refractivity contribution is 0.879. The van der Waals surface area contributed by atoms with Crippen molar-refractivity contribution in [3.8, 4) is 0 Å². The number of aromatic nitrogens is 2. The van der Waals surface area contributed by atoms with Crippen LogP contribution in [0.25, 0.3) is 4.96 Å². The summed E-state index contributed by atoms with van der Waals surface area (Å²) in [7, 11) is 0. The third-order valence-electron chi connectivity index (χ3n) is 2.81. The summed E-state index contributed by atoms with van der Waals surface area (Å²) >= 11 is 15.2. The minimum absolute atomic E-state index is 0.554. The molecule has 0 unspecified atom stereocenters. The molecule has 2 heterocycles. The van der Waals surface area contributed by atoms with Crippen molar-refractivity contribution in [3.05, 3.63) is 45.5 Å². The number of nitrogens with two attached hydrogens (primary N) is 1. The molecular weight excluding hydrogens is 333 g/mol. The maximum absolute atomic E-state index is 6.05. The Morgan fingerprint density at radius 2 is 2.15 bits per heavy atom. The van der Waals surface area contributed by atoms with Crippen LogP contribution in [0.4, 0.5) is 0 Å². The largest absolute Gasteiger partial charge is 0.330 e. The van der Waals surface area contributed by atoms with E-state index in [1.165, 1.54) is 0 Å². The fourth-order valence-corrected chi connectivity index (χ4v) is 4.05. The third kappa shape index (κ3) is 2.69. The normalized spacial score (nSPS) is 11.3. The Morgan fingerprint density at radius 3 is 2.90 bits per heavy atom. The summed E-state index contributed by atoms with van der Waals surface area (Å²) in [5.41, 5.74) is 6.84. The second kappa shape index (κ2) is 5.95. The van der Waals surface area contributed by atoms with Crippen molar-refractivity contribution >= 4 is 51.3 Å². The molecule has 1 aromatic carbocycles. The lowest BCUT2D eigenvalue weighted by Gasteiger charge is -2.04. The van der Waals surface area contributed by atoms with E-state index in [1.54, 1.807) is 29.2 Å². The zero-order valence-corrected chi connectivity index (χ0v) is 13.5. The number of fused-ring (bicyclic) bond motifs is 1. The molecule has 3 nitrogen and oxygen atoms in total. The predicted octanol–water partition coefficient (Wildman–Crippen LogP) is 4.36. The van der Waals surface area contributed by atoms with E-state index >= 15 is 0 Å². The maximum Gasteiger partial charge on any atom is 0.194 e. The first-order chi connectivity index (χ1) is 9.69. The van der Waals surface area contributed by atoms with Crippen LogP contribution in [0.15, 0.2) is 39.7 Å². The Balaban J connectivity index is 1.98. The average Bonchev–Trinajstić information content (AvgIpc) is 2.98. The first-order valence-electron chi connectivity index (χ1n) is 5.96. The SMILES string of the molecule is NCCc1c(Sc2ccc(Cl)c(Cl)c2)nc2sccn12. The van der Waals surface area contributed by atoms with Crippen LogP contribution in [-0.2, 0) is 6.42 Å². The minimum Gasteiger partial charge on any atom is -0.330 e. The van der Waals surface area contributed by atoms with Crippen LogP contribution in [0.2, 0.25) is 10.0 Å². The Labute approximate surface area is 134 Å². The number of thiazole rings is 1. The topological polar surface area (TPSA) is 43.3 Å². The molecule has 0 fully saturated rings. The number of nitrogens with zero attached hydrogens (tertiary/aromatic N) is 2. The summed E-state index contributed by atoms with van der Waals surface area (Å²) in [6.45, 7) is 0.596. The molecule has 0 aliphatic heterocycles. The molecule has 0 aliphatic carbocycles. The van der Waals surface area contributed by atoms with Crippen molar-refractivity contribution in [1.29, 1.82) is 0 Å². The van der Waals surface area contributed by atoms with E-state index in [0.717, 1.165) is 27.0 Å². The van der Waals surface area contributed by atoms with Crippen LogP contribution in [0.1, 0.15) is 5.69 Å². The van der Waals surface area contributed by atoms with Crippen LogP contribution in [0, 0.1) is 0 Å².